The van der Waals surface area contributed by atoms with Gasteiger partial charge in [0, 0.05) is 35.8 Å². The third-order valence-corrected chi connectivity index (χ3v) is 3.60. The van der Waals surface area contributed by atoms with E-state index in [4.69, 9.17) is 16.0 Å². The number of imidazole rings is 1. The fourth-order valence-electron chi connectivity index (χ4n) is 2.24. The molecule has 2 heterocycles. The van der Waals surface area contributed by atoms with Crippen LogP contribution >= 0.6 is 11.6 Å². The Morgan fingerprint density at radius 2 is 2.22 bits per heavy atom. The highest BCUT2D eigenvalue weighted by molar-refractivity contribution is 6.31. The molecule has 0 atom stereocenters. The van der Waals surface area contributed by atoms with Crippen LogP contribution in [0.15, 0.2) is 45.9 Å². The van der Waals surface area contributed by atoms with E-state index in [0.29, 0.717) is 29.0 Å². The molecule has 0 bridgehead atoms. The fraction of sp³-hybridized carbons (Fsp3) is 0.188. The Labute approximate surface area is 136 Å². The lowest BCUT2D eigenvalue weighted by Gasteiger charge is -2.05. The van der Waals surface area contributed by atoms with E-state index in [1.165, 1.54) is 6.07 Å². The molecule has 6 nitrogen and oxygen atoms in total. The second-order valence-corrected chi connectivity index (χ2v) is 5.46. The van der Waals surface area contributed by atoms with Crippen LogP contribution in [-0.4, -0.2) is 22.4 Å². The minimum atomic E-state index is -0.664. The number of halogens is 1. The maximum Gasteiger partial charge on any atom is 0.349 e. The van der Waals surface area contributed by atoms with Crippen LogP contribution in [0.1, 0.15) is 22.6 Å². The molecule has 0 fully saturated rings. The van der Waals surface area contributed by atoms with E-state index >= 15 is 0 Å². The van der Waals surface area contributed by atoms with Gasteiger partial charge in [0.2, 0.25) is 0 Å². The zero-order valence-electron chi connectivity index (χ0n) is 12.1. The summed E-state index contributed by atoms with van der Waals surface area (Å²) >= 11 is 5.91. The van der Waals surface area contributed by atoms with Gasteiger partial charge in [-0.2, -0.15) is 0 Å². The summed E-state index contributed by atoms with van der Waals surface area (Å²) in [5, 5.41) is 3.83. The zero-order chi connectivity index (χ0) is 16.2. The van der Waals surface area contributed by atoms with Gasteiger partial charge < -0.3 is 14.7 Å². The number of nitrogens with one attached hydrogen (secondary N) is 2. The Hall–Kier alpha value is -2.60. The second-order valence-electron chi connectivity index (χ2n) is 5.03. The summed E-state index contributed by atoms with van der Waals surface area (Å²) in [5.74, 6) is 0.402. The molecule has 1 amide bonds. The highest BCUT2D eigenvalue weighted by Gasteiger charge is 2.13. The van der Waals surface area contributed by atoms with E-state index in [0.717, 1.165) is 12.2 Å². The summed E-state index contributed by atoms with van der Waals surface area (Å²) in [6.45, 7) is 0.437. The van der Waals surface area contributed by atoms with Crippen molar-refractivity contribution in [2.75, 3.05) is 6.54 Å². The SMILES string of the molecule is O=C(NCCCc1ncc[nH]1)c1cc2cc(Cl)ccc2oc1=O. The molecule has 23 heavy (non-hydrogen) atoms. The number of hydrogen-bond acceptors (Lipinski definition) is 4. The average molecular weight is 332 g/mol. The van der Waals surface area contributed by atoms with E-state index in [1.807, 2.05) is 0 Å². The van der Waals surface area contributed by atoms with Crippen molar-refractivity contribution in [1.29, 1.82) is 0 Å². The van der Waals surface area contributed by atoms with Crippen molar-refractivity contribution < 1.29 is 9.21 Å². The predicted octanol–water partition coefficient (Wildman–Crippen LogP) is 2.53. The van der Waals surface area contributed by atoms with E-state index < -0.39 is 11.5 Å². The van der Waals surface area contributed by atoms with Crippen LogP contribution in [0.3, 0.4) is 0 Å². The lowest BCUT2D eigenvalue weighted by Crippen LogP contribution is -2.29. The number of hydrogen-bond donors (Lipinski definition) is 2. The molecule has 0 aliphatic carbocycles. The number of nitrogens with zero attached hydrogens (tertiary/aromatic N) is 1. The molecule has 2 aromatic heterocycles. The lowest BCUT2D eigenvalue weighted by atomic mass is 10.1. The maximum absolute atomic E-state index is 12.1. The van der Waals surface area contributed by atoms with Gasteiger partial charge in [-0.25, -0.2) is 9.78 Å². The Kier molecular flexibility index (Phi) is 4.43. The predicted molar refractivity (Wildman–Crippen MR) is 86.7 cm³/mol. The number of carbonyl (C=O) groups excluding carboxylic acids is 1. The third-order valence-electron chi connectivity index (χ3n) is 3.37. The van der Waals surface area contributed by atoms with Crippen LogP contribution in [-0.2, 0) is 6.42 Å². The van der Waals surface area contributed by atoms with Crippen LogP contribution in [0.25, 0.3) is 11.0 Å². The van der Waals surface area contributed by atoms with Crippen LogP contribution < -0.4 is 10.9 Å². The number of fused-ring (bicyclic) bond motifs is 1. The summed E-state index contributed by atoms with van der Waals surface area (Å²) in [6.07, 6.45) is 4.86. The van der Waals surface area contributed by atoms with Gasteiger partial charge in [0.05, 0.1) is 0 Å². The minimum Gasteiger partial charge on any atom is -0.422 e. The molecule has 0 unspecified atom stereocenters. The highest BCUT2D eigenvalue weighted by Crippen LogP contribution is 2.18. The summed E-state index contributed by atoms with van der Waals surface area (Å²) in [7, 11) is 0. The van der Waals surface area contributed by atoms with Crippen molar-refractivity contribution in [1.82, 2.24) is 15.3 Å². The van der Waals surface area contributed by atoms with Crippen molar-refractivity contribution in [3.63, 3.8) is 0 Å². The third kappa shape index (κ3) is 3.60. The van der Waals surface area contributed by atoms with Gasteiger partial charge in [0.1, 0.15) is 17.0 Å². The molecule has 2 N–H and O–H groups in total. The number of rotatable bonds is 5. The van der Waals surface area contributed by atoms with Crippen molar-refractivity contribution >= 4 is 28.5 Å². The first-order valence-corrected chi connectivity index (χ1v) is 7.51. The summed E-state index contributed by atoms with van der Waals surface area (Å²) in [5.41, 5.74) is -0.296. The van der Waals surface area contributed by atoms with Crippen LogP contribution in [0.4, 0.5) is 0 Å². The summed E-state index contributed by atoms with van der Waals surface area (Å²) in [6, 6.07) is 6.37. The molecule has 0 radical (unpaired) electrons. The Morgan fingerprint density at radius 3 is 3.00 bits per heavy atom. The van der Waals surface area contributed by atoms with E-state index in [9.17, 15) is 9.59 Å². The van der Waals surface area contributed by atoms with Crippen molar-refractivity contribution in [3.8, 4) is 0 Å². The second kappa shape index (κ2) is 6.66. The van der Waals surface area contributed by atoms with Crippen molar-refractivity contribution in [2.24, 2.45) is 0 Å². The first-order valence-electron chi connectivity index (χ1n) is 7.13. The number of aromatic amines is 1. The number of aryl methyl sites for hydroxylation is 1. The van der Waals surface area contributed by atoms with Gasteiger partial charge in [0.15, 0.2) is 0 Å². The molecule has 0 aliphatic rings. The lowest BCUT2D eigenvalue weighted by molar-refractivity contribution is 0.0949. The molecule has 7 heteroatoms. The number of benzene rings is 1. The zero-order valence-corrected chi connectivity index (χ0v) is 12.9. The molecule has 3 rings (SSSR count). The van der Waals surface area contributed by atoms with Gasteiger partial charge in [-0.3, -0.25) is 4.79 Å². The number of H-pyrrole nitrogens is 1. The van der Waals surface area contributed by atoms with Crippen molar-refractivity contribution in [2.45, 2.75) is 12.8 Å². The molecule has 118 valence electrons. The van der Waals surface area contributed by atoms with Crippen LogP contribution in [0.2, 0.25) is 5.02 Å². The minimum absolute atomic E-state index is 0.0298. The Balaban J connectivity index is 1.67. The molecule has 0 saturated carbocycles. The van der Waals surface area contributed by atoms with Gasteiger partial charge in [-0.05, 0) is 30.7 Å². The molecule has 0 saturated heterocycles. The molecular weight excluding hydrogens is 318 g/mol. The molecule has 3 aromatic rings. The smallest absolute Gasteiger partial charge is 0.349 e. The molecular formula is C16H14ClN3O3. The normalized spacial score (nSPS) is 10.8. The van der Waals surface area contributed by atoms with E-state index in [2.05, 4.69) is 15.3 Å². The molecule has 0 aliphatic heterocycles. The van der Waals surface area contributed by atoms with Crippen LogP contribution in [0.5, 0.6) is 0 Å². The largest absolute Gasteiger partial charge is 0.422 e. The topological polar surface area (TPSA) is 88.0 Å². The monoisotopic (exact) mass is 331 g/mol. The average Bonchev–Trinajstić information content (AvgIpc) is 3.04. The number of aromatic nitrogens is 2. The fourth-order valence-corrected chi connectivity index (χ4v) is 2.42. The number of amides is 1. The van der Waals surface area contributed by atoms with Crippen molar-refractivity contribution in [3.05, 3.63) is 63.5 Å². The quantitative estimate of drug-likeness (QED) is 0.555. The molecule has 0 spiro atoms. The summed E-state index contributed by atoms with van der Waals surface area (Å²) in [4.78, 5) is 31.1. The maximum atomic E-state index is 12.1. The van der Waals surface area contributed by atoms with Gasteiger partial charge >= 0.3 is 5.63 Å². The molecule has 1 aromatic carbocycles. The Morgan fingerprint density at radius 1 is 1.35 bits per heavy atom. The van der Waals surface area contributed by atoms with Gasteiger partial charge in [-0.1, -0.05) is 11.6 Å². The van der Waals surface area contributed by atoms with Gasteiger partial charge in [0.25, 0.3) is 5.91 Å². The van der Waals surface area contributed by atoms with E-state index in [-0.39, 0.29) is 5.56 Å². The highest BCUT2D eigenvalue weighted by atomic mass is 35.5. The first-order chi connectivity index (χ1) is 11.1. The van der Waals surface area contributed by atoms with E-state index in [1.54, 1.807) is 30.6 Å². The first kappa shape index (κ1) is 15.3. The van der Waals surface area contributed by atoms with Crippen LogP contribution in [0, 0.1) is 0 Å². The number of carbonyl (C=O) groups is 1. The van der Waals surface area contributed by atoms with Gasteiger partial charge in [-0.15, -0.1) is 0 Å². The summed E-state index contributed by atoms with van der Waals surface area (Å²) < 4.78 is 5.14. The standard InChI is InChI=1S/C16H14ClN3O3/c17-11-3-4-13-10(8-11)9-12(16(22)23-13)15(21)20-5-1-2-14-18-6-7-19-14/h3-4,6-9H,1-2,5H2,(H,18,19)(H,20,21). The Bertz CT molecular complexity index is 887.